The van der Waals surface area contributed by atoms with E-state index in [4.69, 9.17) is 11.6 Å². The van der Waals surface area contributed by atoms with Crippen molar-refractivity contribution in [3.05, 3.63) is 18.0 Å². The lowest BCUT2D eigenvalue weighted by molar-refractivity contribution is 0.382. The number of alkyl halides is 1. The van der Waals surface area contributed by atoms with Crippen LogP contribution in [-0.2, 0) is 23.0 Å². The first-order valence-electron chi connectivity index (χ1n) is 7.22. The summed E-state index contributed by atoms with van der Waals surface area (Å²) in [7, 11) is -1.53. The monoisotopic (exact) mass is 316 g/mol. The van der Waals surface area contributed by atoms with E-state index in [1.165, 1.54) is 25.7 Å². The Labute approximate surface area is 125 Å². The molecule has 3 rings (SSSR count). The first kappa shape index (κ1) is 14.4. The lowest BCUT2D eigenvalue weighted by Crippen LogP contribution is -2.34. The van der Waals surface area contributed by atoms with Crippen molar-refractivity contribution in [3.8, 4) is 0 Å². The summed E-state index contributed by atoms with van der Waals surface area (Å²) < 4.78 is 29.1. The summed E-state index contributed by atoms with van der Waals surface area (Å²) >= 11 is 5.83. The van der Waals surface area contributed by atoms with E-state index < -0.39 is 10.0 Å². The molecule has 0 aliphatic heterocycles. The molecular weight excluding hydrogens is 296 g/mol. The third-order valence-corrected chi connectivity index (χ3v) is 6.25. The molecule has 1 aromatic rings. The van der Waals surface area contributed by atoms with E-state index in [0.717, 1.165) is 5.69 Å². The van der Waals surface area contributed by atoms with E-state index in [9.17, 15) is 8.42 Å². The Bertz CT molecular complexity index is 574. The van der Waals surface area contributed by atoms with Crippen molar-refractivity contribution >= 4 is 21.6 Å². The van der Waals surface area contributed by atoms with Crippen molar-refractivity contribution in [1.82, 2.24) is 8.87 Å². The Morgan fingerprint density at radius 3 is 2.20 bits per heavy atom. The minimum absolute atomic E-state index is 0.331. The molecule has 0 aromatic carbocycles. The molecule has 0 saturated heterocycles. The lowest BCUT2D eigenvalue weighted by atomic mass is 10.4. The molecule has 1 aromatic heterocycles. The molecule has 0 spiro atoms. The fourth-order valence-corrected chi connectivity index (χ4v) is 4.40. The first-order chi connectivity index (χ1) is 9.50. The molecule has 1 heterocycles. The molecule has 0 radical (unpaired) electrons. The van der Waals surface area contributed by atoms with Gasteiger partial charge in [0.15, 0.2) is 0 Å². The highest BCUT2D eigenvalue weighted by Crippen LogP contribution is 2.36. The number of nitrogens with zero attached hydrogens (tertiary/aromatic N) is 2. The quantitative estimate of drug-likeness (QED) is 0.726. The molecule has 0 bridgehead atoms. The van der Waals surface area contributed by atoms with Crippen molar-refractivity contribution in [2.24, 2.45) is 18.9 Å². The van der Waals surface area contributed by atoms with Gasteiger partial charge in [-0.1, -0.05) is 0 Å². The molecule has 0 unspecified atom stereocenters. The predicted octanol–water partition coefficient (Wildman–Crippen LogP) is 2.57. The van der Waals surface area contributed by atoms with Gasteiger partial charge in [-0.3, -0.25) is 0 Å². The Morgan fingerprint density at radius 2 is 1.80 bits per heavy atom. The minimum atomic E-state index is -3.37. The van der Waals surface area contributed by atoms with Crippen LogP contribution in [0.3, 0.4) is 0 Å². The summed E-state index contributed by atoms with van der Waals surface area (Å²) in [5.41, 5.74) is 0.836. The molecule has 20 heavy (non-hydrogen) atoms. The van der Waals surface area contributed by atoms with E-state index >= 15 is 0 Å². The smallest absolute Gasteiger partial charge is 0.244 e. The van der Waals surface area contributed by atoms with Crippen molar-refractivity contribution < 1.29 is 8.42 Å². The normalized spacial score (nSPS) is 19.8. The maximum Gasteiger partial charge on any atom is 0.244 e. The van der Waals surface area contributed by atoms with Gasteiger partial charge in [-0.2, -0.15) is 4.31 Å². The first-order valence-corrected chi connectivity index (χ1v) is 9.19. The van der Waals surface area contributed by atoms with Gasteiger partial charge in [0, 0.05) is 32.0 Å². The van der Waals surface area contributed by atoms with Crippen LogP contribution in [0.2, 0.25) is 0 Å². The van der Waals surface area contributed by atoms with Gasteiger partial charge in [0.1, 0.15) is 4.90 Å². The molecule has 112 valence electrons. The lowest BCUT2D eigenvalue weighted by Gasteiger charge is -2.21. The van der Waals surface area contributed by atoms with Gasteiger partial charge in [-0.15, -0.1) is 11.6 Å². The van der Waals surface area contributed by atoms with Crippen LogP contribution in [0.4, 0.5) is 0 Å². The van der Waals surface area contributed by atoms with Crippen LogP contribution in [0.25, 0.3) is 0 Å². The van der Waals surface area contributed by atoms with Gasteiger partial charge >= 0.3 is 0 Å². The molecule has 2 aliphatic rings. The predicted molar refractivity (Wildman–Crippen MR) is 79.2 cm³/mol. The van der Waals surface area contributed by atoms with Crippen molar-refractivity contribution in [1.29, 1.82) is 0 Å². The van der Waals surface area contributed by atoms with Gasteiger partial charge in [0.25, 0.3) is 0 Å². The second kappa shape index (κ2) is 5.35. The molecule has 4 nitrogen and oxygen atoms in total. The van der Waals surface area contributed by atoms with Gasteiger partial charge in [0.2, 0.25) is 10.0 Å². The van der Waals surface area contributed by atoms with Crippen molar-refractivity contribution in [3.63, 3.8) is 0 Å². The van der Waals surface area contributed by atoms with Crippen molar-refractivity contribution in [2.45, 2.75) is 36.5 Å². The largest absolute Gasteiger partial charge is 0.352 e. The summed E-state index contributed by atoms with van der Waals surface area (Å²) in [5, 5.41) is 0. The number of hydrogen-bond donors (Lipinski definition) is 0. The second-order valence-electron chi connectivity index (χ2n) is 6.12. The van der Waals surface area contributed by atoms with E-state index in [2.05, 4.69) is 0 Å². The van der Waals surface area contributed by atoms with Gasteiger partial charge < -0.3 is 4.57 Å². The van der Waals surface area contributed by atoms with Crippen molar-refractivity contribution in [2.75, 3.05) is 13.1 Å². The third-order valence-electron chi connectivity index (χ3n) is 4.18. The van der Waals surface area contributed by atoms with Crippen LogP contribution >= 0.6 is 11.6 Å². The molecule has 6 heteroatoms. The zero-order valence-electron chi connectivity index (χ0n) is 11.8. The Morgan fingerprint density at radius 1 is 1.25 bits per heavy atom. The standard InChI is InChI=1S/C14H21ClN2O2S/c1-16-10-14(6-13(16)7-15)20(18,19)17(8-11-2-3-11)9-12-4-5-12/h6,10-12H,2-5,7-9H2,1H3. The fourth-order valence-electron chi connectivity index (χ4n) is 2.45. The highest BCUT2D eigenvalue weighted by Gasteiger charge is 2.36. The van der Waals surface area contributed by atoms with E-state index in [0.29, 0.717) is 35.7 Å². The average molecular weight is 317 g/mol. The minimum Gasteiger partial charge on any atom is -0.352 e. The van der Waals surface area contributed by atoms with Crippen LogP contribution in [0, 0.1) is 11.8 Å². The Balaban J connectivity index is 1.84. The van der Waals surface area contributed by atoms with Crippen LogP contribution in [-0.4, -0.2) is 30.4 Å². The molecule has 0 amide bonds. The maximum atomic E-state index is 12.8. The molecule has 2 aliphatic carbocycles. The maximum absolute atomic E-state index is 12.8. The van der Waals surface area contributed by atoms with Crippen LogP contribution in [0.1, 0.15) is 31.4 Å². The summed E-state index contributed by atoms with van der Waals surface area (Å²) in [6.07, 6.45) is 6.34. The van der Waals surface area contributed by atoms with E-state index in [-0.39, 0.29) is 0 Å². The number of hydrogen-bond acceptors (Lipinski definition) is 2. The van der Waals surface area contributed by atoms with Gasteiger partial charge in [0.05, 0.1) is 5.88 Å². The number of sulfonamides is 1. The topological polar surface area (TPSA) is 42.3 Å². The Kier molecular flexibility index (Phi) is 3.86. The fraction of sp³-hybridized carbons (Fsp3) is 0.714. The van der Waals surface area contributed by atoms with E-state index in [1.54, 1.807) is 21.1 Å². The van der Waals surface area contributed by atoms with E-state index in [1.807, 2.05) is 7.05 Å². The van der Waals surface area contributed by atoms with Crippen LogP contribution in [0.5, 0.6) is 0 Å². The summed E-state index contributed by atoms with van der Waals surface area (Å²) in [6, 6.07) is 1.70. The number of halogens is 1. The van der Waals surface area contributed by atoms with Crippen LogP contribution < -0.4 is 0 Å². The highest BCUT2D eigenvalue weighted by atomic mass is 35.5. The highest BCUT2D eigenvalue weighted by molar-refractivity contribution is 7.89. The molecule has 2 saturated carbocycles. The SMILES string of the molecule is Cn1cc(S(=O)(=O)N(CC2CC2)CC2CC2)cc1CCl. The Hall–Kier alpha value is -0.520. The summed E-state index contributed by atoms with van der Waals surface area (Å²) in [5.74, 6) is 1.47. The third kappa shape index (κ3) is 3.05. The molecular formula is C14H21ClN2O2S. The average Bonchev–Trinajstić information content (AvgIpc) is 3.30. The molecule has 0 atom stereocenters. The second-order valence-corrected chi connectivity index (χ2v) is 8.33. The zero-order chi connectivity index (χ0) is 14.3. The van der Waals surface area contributed by atoms with Gasteiger partial charge in [-0.25, -0.2) is 8.42 Å². The number of aryl methyl sites for hydroxylation is 1. The van der Waals surface area contributed by atoms with Gasteiger partial charge in [-0.05, 0) is 43.6 Å². The molecule has 0 N–H and O–H groups in total. The summed E-state index contributed by atoms with van der Waals surface area (Å²) in [4.78, 5) is 0.386. The zero-order valence-corrected chi connectivity index (χ0v) is 13.3. The number of aromatic nitrogens is 1. The van der Waals surface area contributed by atoms with Crippen LogP contribution in [0.15, 0.2) is 17.2 Å². The summed E-state index contributed by atoms with van der Waals surface area (Å²) in [6.45, 7) is 1.37. The molecule has 2 fully saturated rings. The number of rotatable bonds is 7.